The van der Waals surface area contributed by atoms with Crippen LogP contribution in [0, 0.1) is 6.92 Å². The first-order chi connectivity index (χ1) is 7.68. The van der Waals surface area contributed by atoms with Crippen molar-refractivity contribution in [2.75, 3.05) is 0 Å². The highest BCUT2D eigenvalue weighted by Gasteiger charge is 2.09. The maximum Gasteiger partial charge on any atom is 0.253 e. The highest BCUT2D eigenvalue weighted by molar-refractivity contribution is 6.68. The molecule has 80 valence electrons. The quantitative estimate of drug-likeness (QED) is 0.712. The summed E-state index contributed by atoms with van der Waals surface area (Å²) in [4.78, 5) is 11.3. The summed E-state index contributed by atoms with van der Waals surface area (Å²) in [5.74, 6) is 0. The van der Waals surface area contributed by atoms with Gasteiger partial charge in [-0.2, -0.15) is 0 Å². The molecule has 2 aromatic carbocycles. The van der Waals surface area contributed by atoms with Crippen LogP contribution in [0.4, 0.5) is 0 Å². The van der Waals surface area contributed by atoms with Crippen molar-refractivity contribution < 1.29 is 4.79 Å². The van der Waals surface area contributed by atoms with Crippen LogP contribution >= 0.6 is 11.6 Å². The normalized spacial score (nSPS) is 10.1. The Balaban J connectivity index is 2.60. The van der Waals surface area contributed by atoms with Gasteiger partial charge in [0.15, 0.2) is 0 Å². The van der Waals surface area contributed by atoms with Crippen molar-refractivity contribution in [3.63, 3.8) is 0 Å². The van der Waals surface area contributed by atoms with E-state index in [2.05, 4.69) is 0 Å². The minimum atomic E-state index is -0.419. The van der Waals surface area contributed by atoms with Crippen LogP contribution in [0.5, 0.6) is 0 Å². The topological polar surface area (TPSA) is 17.1 Å². The van der Waals surface area contributed by atoms with Crippen molar-refractivity contribution in [3.8, 4) is 11.1 Å². The Labute approximate surface area is 99.7 Å². The molecule has 16 heavy (non-hydrogen) atoms. The molecule has 1 nitrogen and oxygen atoms in total. The third kappa shape index (κ3) is 2.15. The van der Waals surface area contributed by atoms with Gasteiger partial charge in [-0.3, -0.25) is 4.79 Å². The fraction of sp³-hybridized carbons (Fsp3) is 0.0714. The van der Waals surface area contributed by atoms with Crippen molar-refractivity contribution in [3.05, 3.63) is 59.7 Å². The van der Waals surface area contributed by atoms with Crippen LogP contribution in [0.15, 0.2) is 48.5 Å². The predicted octanol–water partition coefficient (Wildman–Crippen LogP) is 4.04. The monoisotopic (exact) mass is 230 g/mol. The summed E-state index contributed by atoms with van der Waals surface area (Å²) in [5, 5.41) is -0.419. The zero-order chi connectivity index (χ0) is 11.5. The van der Waals surface area contributed by atoms with Gasteiger partial charge < -0.3 is 0 Å². The van der Waals surface area contributed by atoms with Gasteiger partial charge in [0.05, 0.1) is 0 Å². The zero-order valence-electron chi connectivity index (χ0n) is 8.91. The van der Waals surface area contributed by atoms with Gasteiger partial charge in [0, 0.05) is 5.56 Å². The molecule has 0 aliphatic rings. The molecule has 0 spiro atoms. The summed E-state index contributed by atoms with van der Waals surface area (Å²) in [6, 6.07) is 15.4. The standard InChI is InChI=1S/C14H11ClO/c1-10-5-4-6-11(9-10)12-7-2-3-8-13(12)14(15)16/h2-9H,1H3. The molecular weight excluding hydrogens is 220 g/mol. The van der Waals surface area contributed by atoms with Crippen molar-refractivity contribution in [1.29, 1.82) is 0 Å². The molecule has 0 N–H and O–H groups in total. The molecule has 0 radical (unpaired) electrons. The highest BCUT2D eigenvalue weighted by Crippen LogP contribution is 2.25. The second-order valence-corrected chi connectivity index (χ2v) is 4.03. The Morgan fingerprint density at radius 3 is 2.50 bits per heavy atom. The average Bonchev–Trinajstić information content (AvgIpc) is 2.29. The van der Waals surface area contributed by atoms with Gasteiger partial charge in [0.2, 0.25) is 0 Å². The van der Waals surface area contributed by atoms with E-state index in [1.165, 1.54) is 0 Å². The molecule has 0 saturated heterocycles. The molecule has 0 aromatic heterocycles. The van der Waals surface area contributed by atoms with Crippen LogP contribution < -0.4 is 0 Å². The second kappa shape index (κ2) is 4.50. The lowest BCUT2D eigenvalue weighted by Crippen LogP contribution is -1.93. The third-order valence-electron chi connectivity index (χ3n) is 2.47. The second-order valence-electron chi connectivity index (χ2n) is 3.69. The molecule has 2 rings (SSSR count). The van der Waals surface area contributed by atoms with Gasteiger partial charge in [-0.15, -0.1) is 0 Å². The van der Waals surface area contributed by atoms with E-state index >= 15 is 0 Å². The first-order valence-electron chi connectivity index (χ1n) is 5.04. The number of rotatable bonds is 2. The molecule has 0 bridgehead atoms. The molecule has 0 amide bonds. The molecule has 0 saturated carbocycles. The summed E-state index contributed by atoms with van der Waals surface area (Å²) in [5.41, 5.74) is 3.61. The lowest BCUT2D eigenvalue weighted by atomic mass is 9.99. The number of halogens is 1. The van der Waals surface area contributed by atoms with E-state index in [9.17, 15) is 4.79 Å². The highest BCUT2D eigenvalue weighted by atomic mass is 35.5. The molecular formula is C14H11ClO. The molecule has 0 aliphatic heterocycles. The minimum absolute atomic E-state index is 0.419. The SMILES string of the molecule is Cc1cccc(-c2ccccc2C(=O)Cl)c1. The van der Waals surface area contributed by atoms with E-state index in [1.807, 2.05) is 49.4 Å². The van der Waals surface area contributed by atoms with Crippen LogP contribution in [-0.2, 0) is 0 Å². The smallest absolute Gasteiger partial charge is 0.253 e. The van der Waals surface area contributed by atoms with E-state index in [4.69, 9.17) is 11.6 Å². The van der Waals surface area contributed by atoms with Crippen LogP contribution in [0.1, 0.15) is 15.9 Å². The Morgan fingerprint density at radius 2 is 1.81 bits per heavy atom. The van der Waals surface area contributed by atoms with Crippen LogP contribution in [0.25, 0.3) is 11.1 Å². The lowest BCUT2D eigenvalue weighted by molar-refractivity contribution is 0.108. The summed E-state index contributed by atoms with van der Waals surface area (Å²) >= 11 is 5.56. The molecule has 0 aliphatic carbocycles. The fourth-order valence-corrected chi connectivity index (χ4v) is 1.88. The van der Waals surface area contributed by atoms with Crippen molar-refractivity contribution in [2.24, 2.45) is 0 Å². The maximum absolute atomic E-state index is 11.3. The summed E-state index contributed by atoms with van der Waals surface area (Å²) in [6.45, 7) is 2.02. The molecule has 0 unspecified atom stereocenters. The van der Waals surface area contributed by atoms with Crippen LogP contribution in [0.3, 0.4) is 0 Å². The van der Waals surface area contributed by atoms with Gasteiger partial charge in [-0.05, 0) is 35.7 Å². The summed E-state index contributed by atoms with van der Waals surface area (Å²) < 4.78 is 0. The van der Waals surface area contributed by atoms with Crippen molar-refractivity contribution in [1.82, 2.24) is 0 Å². The van der Waals surface area contributed by atoms with Gasteiger partial charge in [0.25, 0.3) is 5.24 Å². The van der Waals surface area contributed by atoms with Gasteiger partial charge in [0.1, 0.15) is 0 Å². The summed E-state index contributed by atoms with van der Waals surface area (Å²) in [6.07, 6.45) is 0. The van der Waals surface area contributed by atoms with Crippen LogP contribution in [-0.4, -0.2) is 5.24 Å². The largest absolute Gasteiger partial charge is 0.276 e. The van der Waals surface area contributed by atoms with Crippen molar-refractivity contribution >= 4 is 16.8 Å². The average molecular weight is 231 g/mol. The molecule has 0 fully saturated rings. The van der Waals surface area contributed by atoms with E-state index in [0.717, 1.165) is 16.7 Å². The number of aryl methyl sites for hydroxylation is 1. The van der Waals surface area contributed by atoms with E-state index in [-0.39, 0.29) is 0 Å². The maximum atomic E-state index is 11.3. The minimum Gasteiger partial charge on any atom is -0.276 e. The number of hydrogen-bond donors (Lipinski definition) is 0. The summed E-state index contributed by atoms with van der Waals surface area (Å²) in [7, 11) is 0. The zero-order valence-corrected chi connectivity index (χ0v) is 9.66. The molecule has 2 heteroatoms. The predicted molar refractivity (Wildman–Crippen MR) is 66.8 cm³/mol. The first-order valence-corrected chi connectivity index (χ1v) is 5.42. The van der Waals surface area contributed by atoms with Gasteiger partial charge in [-0.25, -0.2) is 0 Å². The Morgan fingerprint density at radius 1 is 1.06 bits per heavy atom. The number of carbonyl (C=O) groups is 1. The number of carbonyl (C=O) groups excluding carboxylic acids is 1. The number of benzene rings is 2. The van der Waals surface area contributed by atoms with Gasteiger partial charge in [-0.1, -0.05) is 48.0 Å². The van der Waals surface area contributed by atoms with Gasteiger partial charge >= 0.3 is 0 Å². The fourth-order valence-electron chi connectivity index (χ4n) is 1.72. The Kier molecular flexibility index (Phi) is 3.07. The van der Waals surface area contributed by atoms with Crippen molar-refractivity contribution in [2.45, 2.75) is 6.92 Å². The first kappa shape index (κ1) is 10.9. The molecule has 2 aromatic rings. The molecule has 0 atom stereocenters. The van der Waals surface area contributed by atoms with E-state index in [0.29, 0.717) is 5.56 Å². The lowest BCUT2D eigenvalue weighted by Gasteiger charge is -2.06. The number of hydrogen-bond acceptors (Lipinski definition) is 1. The van der Waals surface area contributed by atoms with E-state index < -0.39 is 5.24 Å². The Bertz CT molecular complexity index is 532. The van der Waals surface area contributed by atoms with Crippen LogP contribution in [0.2, 0.25) is 0 Å². The van der Waals surface area contributed by atoms with E-state index in [1.54, 1.807) is 6.07 Å². The Hall–Kier alpha value is -1.60. The third-order valence-corrected chi connectivity index (χ3v) is 2.67. The molecule has 0 heterocycles.